The highest BCUT2D eigenvalue weighted by atomic mass is 14.9. The number of hydrogen-bond donors (Lipinski definition) is 1. The van der Waals surface area contributed by atoms with Crippen molar-refractivity contribution in [1.82, 2.24) is 5.32 Å². The fraction of sp³-hybridized carbons (Fsp3) is 0.458. The lowest BCUT2D eigenvalue weighted by Crippen LogP contribution is -2.21. The lowest BCUT2D eigenvalue weighted by atomic mass is 10.0. The Morgan fingerprint density at radius 1 is 0.840 bits per heavy atom. The van der Waals surface area contributed by atoms with Gasteiger partial charge in [-0.15, -0.1) is 5.73 Å². The molecular weight excluding hydrogens is 302 g/mol. The van der Waals surface area contributed by atoms with Crippen LogP contribution in [0.4, 0.5) is 0 Å². The summed E-state index contributed by atoms with van der Waals surface area (Å²) in [5.74, 6) is 0.968. The molecule has 1 fully saturated rings. The average Bonchev–Trinajstić information content (AvgIpc) is 2.86. The van der Waals surface area contributed by atoms with E-state index in [0.29, 0.717) is 11.8 Å². The molecule has 0 aromatic rings. The zero-order valence-electron chi connectivity index (χ0n) is 16.5. The van der Waals surface area contributed by atoms with Gasteiger partial charge in [-0.25, -0.2) is 0 Å². The van der Waals surface area contributed by atoms with Crippen molar-refractivity contribution in [1.29, 1.82) is 0 Å². The summed E-state index contributed by atoms with van der Waals surface area (Å²) in [6.07, 6.45) is 25.7. The topological polar surface area (TPSA) is 12.0 Å². The highest BCUT2D eigenvalue weighted by Crippen LogP contribution is 2.19. The van der Waals surface area contributed by atoms with E-state index in [1.165, 1.54) is 43.5 Å². The number of allylic oxidation sites excluding steroid dienone is 11. The van der Waals surface area contributed by atoms with Gasteiger partial charge in [0.15, 0.2) is 0 Å². The summed E-state index contributed by atoms with van der Waals surface area (Å²) in [4.78, 5) is 0. The van der Waals surface area contributed by atoms with Crippen LogP contribution in [0.1, 0.15) is 47.0 Å². The van der Waals surface area contributed by atoms with Gasteiger partial charge in [0.05, 0.1) is 0 Å². The van der Waals surface area contributed by atoms with Gasteiger partial charge in [-0.1, -0.05) is 82.7 Å². The van der Waals surface area contributed by atoms with Crippen molar-refractivity contribution in [3.05, 3.63) is 77.6 Å². The minimum Gasteiger partial charge on any atom is -0.317 e. The summed E-state index contributed by atoms with van der Waals surface area (Å²) in [5, 5.41) is 3.28. The quantitative estimate of drug-likeness (QED) is 0.553. The normalized spacial score (nSPS) is 27.8. The van der Waals surface area contributed by atoms with E-state index in [2.05, 4.69) is 85.7 Å². The maximum absolute atomic E-state index is 3.28. The molecule has 2 aliphatic carbocycles. The van der Waals surface area contributed by atoms with Crippen LogP contribution in [0.25, 0.3) is 0 Å². The number of hydrogen-bond acceptors (Lipinski definition) is 1. The third-order valence-electron chi connectivity index (χ3n) is 4.10. The minimum absolute atomic E-state index is 0.461. The lowest BCUT2D eigenvalue weighted by molar-refractivity contribution is 0.520. The Labute approximate surface area is 155 Å². The zero-order valence-corrected chi connectivity index (χ0v) is 16.5. The fourth-order valence-electron chi connectivity index (χ4n) is 2.61. The Morgan fingerprint density at radius 3 is 2.08 bits per heavy atom. The zero-order chi connectivity index (χ0) is 18.3. The predicted octanol–water partition coefficient (Wildman–Crippen LogP) is 6.30. The number of rotatable bonds is 1. The molecule has 0 amide bonds. The van der Waals surface area contributed by atoms with Crippen LogP contribution in [-0.2, 0) is 0 Å². The van der Waals surface area contributed by atoms with E-state index in [-0.39, 0.29) is 0 Å². The summed E-state index contributed by atoms with van der Waals surface area (Å²) >= 11 is 0. The summed E-state index contributed by atoms with van der Waals surface area (Å²) in [6, 6.07) is 0. The molecule has 0 aromatic heterocycles. The van der Waals surface area contributed by atoms with Gasteiger partial charge in [-0.3, -0.25) is 0 Å². The second-order valence-electron chi connectivity index (χ2n) is 6.38. The molecule has 1 N–H and O–H groups in total. The molecule has 1 saturated heterocycles. The summed E-state index contributed by atoms with van der Waals surface area (Å²) in [5.41, 5.74) is 5.70. The van der Waals surface area contributed by atoms with E-state index < -0.39 is 0 Å². The molecule has 1 heterocycles. The first-order valence-electron chi connectivity index (χ1n) is 9.84. The third-order valence-corrected chi connectivity index (χ3v) is 4.10. The van der Waals surface area contributed by atoms with E-state index in [4.69, 9.17) is 0 Å². The Balaban J connectivity index is 0.000000326. The van der Waals surface area contributed by atoms with Crippen LogP contribution in [0, 0.1) is 11.8 Å². The number of piperidine rings is 1. The number of nitrogens with one attached hydrogen (secondary N) is 1. The van der Waals surface area contributed by atoms with Gasteiger partial charge < -0.3 is 5.32 Å². The molecule has 1 nitrogen and oxygen atoms in total. The van der Waals surface area contributed by atoms with E-state index in [1.807, 2.05) is 13.8 Å². The SMILES string of the molecule is C1CCNCC1.CC.CC1C=CC=C(/C2=C/C=C\C(C)C=C=C2)C=C1. The van der Waals surface area contributed by atoms with E-state index >= 15 is 0 Å². The second kappa shape index (κ2) is 13.5. The molecule has 3 rings (SSSR count). The Hall–Kier alpha value is -1.82. The first-order valence-corrected chi connectivity index (χ1v) is 9.84. The largest absolute Gasteiger partial charge is 0.317 e. The van der Waals surface area contributed by atoms with Crippen LogP contribution >= 0.6 is 0 Å². The van der Waals surface area contributed by atoms with E-state index in [9.17, 15) is 0 Å². The van der Waals surface area contributed by atoms with E-state index in [1.54, 1.807) is 0 Å². The van der Waals surface area contributed by atoms with Gasteiger partial charge in [0.2, 0.25) is 0 Å². The smallest absolute Gasteiger partial charge is 0.000279 e. The van der Waals surface area contributed by atoms with Gasteiger partial charge >= 0.3 is 0 Å². The van der Waals surface area contributed by atoms with Crippen molar-refractivity contribution in [3.8, 4) is 0 Å². The van der Waals surface area contributed by atoms with Crippen LogP contribution in [0.5, 0.6) is 0 Å². The van der Waals surface area contributed by atoms with Gasteiger partial charge in [-0.05, 0) is 61.1 Å². The highest BCUT2D eigenvalue weighted by Gasteiger charge is 2.01. The van der Waals surface area contributed by atoms with Gasteiger partial charge in [0.1, 0.15) is 0 Å². The summed E-state index contributed by atoms with van der Waals surface area (Å²) in [7, 11) is 0. The third kappa shape index (κ3) is 9.29. The van der Waals surface area contributed by atoms with Crippen molar-refractivity contribution in [2.75, 3.05) is 13.1 Å². The molecule has 25 heavy (non-hydrogen) atoms. The van der Waals surface area contributed by atoms with Crippen molar-refractivity contribution in [2.45, 2.75) is 47.0 Å². The van der Waals surface area contributed by atoms with Crippen molar-refractivity contribution >= 4 is 0 Å². The summed E-state index contributed by atoms with van der Waals surface area (Å²) in [6.45, 7) is 10.8. The molecule has 2 unspecified atom stereocenters. The molecule has 1 aliphatic heterocycles. The van der Waals surface area contributed by atoms with Gasteiger partial charge in [-0.2, -0.15) is 0 Å². The second-order valence-corrected chi connectivity index (χ2v) is 6.38. The molecule has 2 atom stereocenters. The van der Waals surface area contributed by atoms with Crippen molar-refractivity contribution < 1.29 is 0 Å². The molecular formula is C24H35N. The Kier molecular flexibility index (Phi) is 11.4. The van der Waals surface area contributed by atoms with Crippen LogP contribution in [0.2, 0.25) is 0 Å². The average molecular weight is 338 g/mol. The highest BCUT2D eigenvalue weighted by molar-refractivity contribution is 5.50. The van der Waals surface area contributed by atoms with Crippen LogP contribution in [-0.4, -0.2) is 13.1 Å². The van der Waals surface area contributed by atoms with Crippen LogP contribution < -0.4 is 5.32 Å². The molecule has 0 saturated carbocycles. The maximum Gasteiger partial charge on any atom is -0.000279 e. The minimum atomic E-state index is 0.461. The van der Waals surface area contributed by atoms with Gasteiger partial charge in [0.25, 0.3) is 0 Å². The van der Waals surface area contributed by atoms with Crippen molar-refractivity contribution in [3.63, 3.8) is 0 Å². The molecule has 3 aliphatic rings. The van der Waals surface area contributed by atoms with E-state index in [0.717, 1.165) is 0 Å². The molecule has 0 aromatic carbocycles. The Bertz CT molecular complexity index is 562. The molecule has 0 radical (unpaired) electrons. The first-order chi connectivity index (χ1) is 12.3. The molecule has 1 heteroatoms. The Morgan fingerprint density at radius 2 is 1.48 bits per heavy atom. The van der Waals surface area contributed by atoms with Crippen LogP contribution in [0.15, 0.2) is 77.6 Å². The standard InChI is InChI=1S/C17H18.C5H11N.C2H6/c1-14-6-3-9-16(10-4-7-14)17-11-5-8-15(2)12-13-17;1-2-4-6-5-3-1;1-2/h3,5-15H,1-2H3;6H,1-5H2;1-2H3/b6-3-,16-9+;;. The monoisotopic (exact) mass is 337 g/mol. The fourth-order valence-corrected chi connectivity index (χ4v) is 2.61. The molecule has 0 bridgehead atoms. The van der Waals surface area contributed by atoms with Crippen molar-refractivity contribution in [2.24, 2.45) is 11.8 Å². The molecule has 136 valence electrons. The van der Waals surface area contributed by atoms with Crippen LogP contribution in [0.3, 0.4) is 0 Å². The molecule has 0 spiro atoms. The lowest BCUT2D eigenvalue weighted by Gasteiger charge is -2.08. The maximum atomic E-state index is 3.28. The summed E-state index contributed by atoms with van der Waals surface area (Å²) < 4.78 is 0. The van der Waals surface area contributed by atoms with Gasteiger partial charge in [0, 0.05) is 0 Å². The predicted molar refractivity (Wildman–Crippen MR) is 113 cm³/mol. The first kappa shape index (κ1) is 21.2.